The molecule has 0 aromatic heterocycles. The average molecular weight is 295 g/mol. The molecular weight excluding hydrogens is 275 g/mol. The van der Waals surface area contributed by atoms with Gasteiger partial charge in [-0.2, -0.15) is 0 Å². The van der Waals surface area contributed by atoms with E-state index in [4.69, 9.17) is 11.6 Å². The van der Waals surface area contributed by atoms with Crippen molar-refractivity contribution >= 4 is 17.3 Å². The van der Waals surface area contributed by atoms with Crippen LogP contribution in [0.3, 0.4) is 0 Å². The summed E-state index contributed by atoms with van der Waals surface area (Å²) in [5.74, 6) is -0.243. The molecule has 4 heteroatoms. The van der Waals surface area contributed by atoms with Gasteiger partial charge in [0, 0.05) is 16.8 Å². The van der Waals surface area contributed by atoms with Gasteiger partial charge in [-0.3, -0.25) is 0 Å². The number of hydrogen-bond donors (Lipinski definition) is 1. The van der Waals surface area contributed by atoms with Crippen LogP contribution in [0.25, 0.3) is 0 Å². The molecule has 1 heterocycles. The van der Waals surface area contributed by atoms with Crippen molar-refractivity contribution in [1.82, 2.24) is 5.32 Å². The van der Waals surface area contributed by atoms with Crippen LogP contribution in [-0.2, 0) is 0 Å². The lowest BCUT2D eigenvalue weighted by Crippen LogP contribution is -2.35. The van der Waals surface area contributed by atoms with E-state index in [0.717, 1.165) is 18.5 Å². The van der Waals surface area contributed by atoms with Crippen LogP contribution in [0.15, 0.2) is 42.2 Å². The Hall–Kier alpha value is -1.48. The van der Waals surface area contributed by atoms with Crippen LogP contribution in [0, 0.1) is 5.82 Å². The molecule has 0 aliphatic carbocycles. The molecule has 2 nitrogen and oxygen atoms in total. The number of halogens is 2. The predicted molar refractivity (Wildman–Crippen MR) is 83.5 cm³/mol. The van der Waals surface area contributed by atoms with E-state index in [1.54, 1.807) is 12.1 Å². The highest BCUT2D eigenvalue weighted by Crippen LogP contribution is 2.26. The Bertz CT molecular complexity index is 523. The molecule has 2 rings (SSSR count). The van der Waals surface area contributed by atoms with Crippen LogP contribution >= 0.6 is 11.6 Å². The highest BCUT2D eigenvalue weighted by atomic mass is 35.5. The summed E-state index contributed by atoms with van der Waals surface area (Å²) in [7, 11) is 0. The number of nitrogens with zero attached hydrogens (tertiary/aromatic N) is 1. The summed E-state index contributed by atoms with van der Waals surface area (Å²) < 4.78 is 14.1. The highest BCUT2D eigenvalue weighted by molar-refractivity contribution is 6.30. The molecule has 1 aliphatic heterocycles. The van der Waals surface area contributed by atoms with Crippen molar-refractivity contribution < 1.29 is 4.39 Å². The predicted octanol–water partition coefficient (Wildman–Crippen LogP) is 4.47. The third-order valence-corrected chi connectivity index (χ3v) is 3.53. The second-order valence-electron chi connectivity index (χ2n) is 5.17. The molecule has 0 unspecified atom stereocenters. The first-order chi connectivity index (χ1) is 9.58. The number of allylic oxidation sites excluding steroid dienone is 2. The largest absolute Gasteiger partial charge is 0.364 e. The molecule has 0 spiro atoms. The van der Waals surface area contributed by atoms with E-state index in [0.29, 0.717) is 17.3 Å². The van der Waals surface area contributed by atoms with Crippen LogP contribution in [0.1, 0.15) is 26.7 Å². The Balaban J connectivity index is 2.25. The van der Waals surface area contributed by atoms with Crippen molar-refractivity contribution in [3.8, 4) is 0 Å². The molecule has 0 amide bonds. The quantitative estimate of drug-likeness (QED) is 0.881. The van der Waals surface area contributed by atoms with Crippen molar-refractivity contribution in [2.75, 3.05) is 11.4 Å². The Morgan fingerprint density at radius 3 is 2.90 bits per heavy atom. The van der Waals surface area contributed by atoms with Crippen LogP contribution < -0.4 is 10.2 Å². The van der Waals surface area contributed by atoms with E-state index < -0.39 is 0 Å². The number of hydrogen-bond acceptors (Lipinski definition) is 2. The van der Waals surface area contributed by atoms with Gasteiger partial charge in [0.1, 0.15) is 5.82 Å². The summed E-state index contributed by atoms with van der Waals surface area (Å²) in [5, 5.41) is 3.80. The van der Waals surface area contributed by atoms with Gasteiger partial charge in [0.15, 0.2) is 0 Å². The second kappa shape index (κ2) is 6.80. The number of nitrogens with one attached hydrogen (secondary N) is 1. The molecule has 0 saturated carbocycles. The lowest BCUT2D eigenvalue weighted by Gasteiger charge is -2.30. The molecular formula is C16H20ClFN2. The average Bonchev–Trinajstić information content (AvgIpc) is 2.67. The van der Waals surface area contributed by atoms with Crippen molar-refractivity contribution in [2.24, 2.45) is 0 Å². The maximum Gasteiger partial charge on any atom is 0.146 e. The summed E-state index contributed by atoms with van der Waals surface area (Å²) in [6.07, 6.45) is 8.25. The summed E-state index contributed by atoms with van der Waals surface area (Å²) in [6.45, 7) is 4.74. The topological polar surface area (TPSA) is 15.3 Å². The number of anilines is 1. The minimum absolute atomic E-state index is 0.179. The van der Waals surface area contributed by atoms with E-state index in [1.165, 1.54) is 6.07 Å². The molecule has 0 bridgehead atoms. The van der Waals surface area contributed by atoms with Gasteiger partial charge in [0.05, 0.1) is 12.2 Å². The molecule has 0 atom stereocenters. The highest BCUT2D eigenvalue weighted by Gasteiger charge is 2.17. The molecule has 1 aromatic rings. The summed E-state index contributed by atoms with van der Waals surface area (Å²) in [6, 6.07) is 4.86. The fourth-order valence-corrected chi connectivity index (χ4v) is 2.37. The van der Waals surface area contributed by atoms with E-state index >= 15 is 0 Å². The number of rotatable bonds is 4. The molecule has 0 radical (unpaired) electrons. The van der Waals surface area contributed by atoms with Crippen molar-refractivity contribution in [1.29, 1.82) is 0 Å². The molecule has 1 aliphatic rings. The van der Waals surface area contributed by atoms with Gasteiger partial charge in [-0.1, -0.05) is 23.8 Å². The SMILES string of the molecule is CC(C)N(CC1=CCCC=CN1)c1cc(Cl)ccc1F. The molecule has 0 saturated heterocycles. The normalized spacial score (nSPS) is 14.8. The molecule has 1 aromatic carbocycles. The zero-order valence-corrected chi connectivity index (χ0v) is 12.6. The smallest absolute Gasteiger partial charge is 0.146 e. The lowest BCUT2D eigenvalue weighted by atomic mass is 10.2. The standard InChI is InChI=1S/C16H20ClFN2/c1-12(2)20(11-14-6-4-3-5-9-19-14)16-10-13(17)7-8-15(16)18/h5-10,12,19H,3-4,11H2,1-2H3. The monoisotopic (exact) mass is 294 g/mol. The first kappa shape index (κ1) is 14.9. The summed E-state index contributed by atoms with van der Waals surface area (Å²) in [4.78, 5) is 2.01. The first-order valence-electron chi connectivity index (χ1n) is 6.90. The van der Waals surface area contributed by atoms with Gasteiger partial charge in [0.2, 0.25) is 0 Å². The zero-order valence-electron chi connectivity index (χ0n) is 11.9. The van der Waals surface area contributed by atoms with Gasteiger partial charge in [-0.25, -0.2) is 4.39 Å². The van der Waals surface area contributed by atoms with Gasteiger partial charge >= 0.3 is 0 Å². The van der Waals surface area contributed by atoms with Crippen LogP contribution in [0.5, 0.6) is 0 Å². The maximum atomic E-state index is 14.1. The van der Waals surface area contributed by atoms with Crippen LogP contribution in [0.2, 0.25) is 5.02 Å². The molecule has 1 N–H and O–H groups in total. The van der Waals surface area contributed by atoms with E-state index in [1.807, 2.05) is 24.9 Å². The Morgan fingerprint density at radius 2 is 2.15 bits per heavy atom. The van der Waals surface area contributed by atoms with Crippen LogP contribution in [0.4, 0.5) is 10.1 Å². The van der Waals surface area contributed by atoms with Crippen molar-refractivity contribution in [3.05, 3.63) is 53.1 Å². The fraction of sp³-hybridized carbons (Fsp3) is 0.375. The third kappa shape index (κ3) is 3.76. The second-order valence-corrected chi connectivity index (χ2v) is 5.61. The third-order valence-electron chi connectivity index (χ3n) is 3.29. The molecule has 108 valence electrons. The lowest BCUT2D eigenvalue weighted by molar-refractivity contribution is 0.604. The van der Waals surface area contributed by atoms with E-state index in [2.05, 4.69) is 17.5 Å². The Labute approximate surface area is 124 Å². The first-order valence-corrected chi connectivity index (χ1v) is 7.28. The summed E-state index contributed by atoms with van der Waals surface area (Å²) in [5.41, 5.74) is 1.63. The van der Waals surface area contributed by atoms with Gasteiger partial charge < -0.3 is 10.2 Å². The molecule has 20 heavy (non-hydrogen) atoms. The van der Waals surface area contributed by atoms with E-state index in [9.17, 15) is 4.39 Å². The Kier molecular flexibility index (Phi) is 5.07. The maximum absolute atomic E-state index is 14.1. The van der Waals surface area contributed by atoms with Crippen molar-refractivity contribution in [3.63, 3.8) is 0 Å². The Morgan fingerprint density at radius 1 is 1.35 bits per heavy atom. The minimum atomic E-state index is -0.243. The summed E-state index contributed by atoms with van der Waals surface area (Å²) >= 11 is 6.00. The van der Waals surface area contributed by atoms with Gasteiger partial charge in [-0.05, 0) is 51.1 Å². The number of benzene rings is 1. The van der Waals surface area contributed by atoms with Gasteiger partial charge in [-0.15, -0.1) is 0 Å². The van der Waals surface area contributed by atoms with E-state index in [-0.39, 0.29) is 11.9 Å². The molecule has 0 fully saturated rings. The van der Waals surface area contributed by atoms with Gasteiger partial charge in [0.25, 0.3) is 0 Å². The fourth-order valence-electron chi connectivity index (χ4n) is 2.21. The zero-order chi connectivity index (χ0) is 14.5. The van der Waals surface area contributed by atoms with Crippen molar-refractivity contribution in [2.45, 2.75) is 32.7 Å². The minimum Gasteiger partial charge on any atom is -0.364 e. The van der Waals surface area contributed by atoms with Crippen LogP contribution in [-0.4, -0.2) is 12.6 Å².